The summed E-state index contributed by atoms with van der Waals surface area (Å²) in [6, 6.07) is 9.65. The molecule has 0 unspecified atom stereocenters. The molecule has 2 aromatic heterocycles. The van der Waals surface area contributed by atoms with Gasteiger partial charge in [0.1, 0.15) is 11.6 Å². The number of nitrogens with zero attached hydrogens (tertiary/aromatic N) is 3. The van der Waals surface area contributed by atoms with E-state index in [1.54, 1.807) is 24.3 Å². The minimum atomic E-state index is -1.09. The summed E-state index contributed by atoms with van der Waals surface area (Å²) in [5.41, 5.74) is 1.33. The number of fused-ring (bicyclic) bond motifs is 1. The molecule has 0 aliphatic heterocycles. The van der Waals surface area contributed by atoms with Gasteiger partial charge in [-0.2, -0.15) is 15.1 Å². The fourth-order valence-corrected chi connectivity index (χ4v) is 3.20. The lowest BCUT2D eigenvalue weighted by molar-refractivity contribution is 0.0400. The second-order valence-electron chi connectivity index (χ2n) is 7.00. The van der Waals surface area contributed by atoms with E-state index < -0.39 is 23.8 Å². The van der Waals surface area contributed by atoms with E-state index in [-0.39, 0.29) is 29.8 Å². The molecule has 0 bridgehead atoms. The van der Waals surface area contributed by atoms with Crippen LogP contribution in [0.1, 0.15) is 6.92 Å². The zero-order valence-corrected chi connectivity index (χ0v) is 17.4. The predicted molar refractivity (Wildman–Crippen MR) is 115 cm³/mol. The average molecular weight is 462 g/mol. The zero-order chi connectivity index (χ0) is 22.8. The Morgan fingerprint density at radius 1 is 1.16 bits per heavy atom. The maximum absolute atomic E-state index is 14.0. The lowest BCUT2D eigenvalue weighted by Crippen LogP contribution is -2.30. The molecule has 32 heavy (non-hydrogen) atoms. The molecule has 0 fully saturated rings. The molecular formula is C21H18ClF2N5O3. The Hall–Kier alpha value is -3.34. The molecule has 0 aliphatic carbocycles. The molecule has 4 N–H and O–H groups in total. The van der Waals surface area contributed by atoms with Crippen LogP contribution in [0.5, 0.6) is 11.8 Å². The monoisotopic (exact) mass is 461 g/mol. The fraction of sp³-hybridized carbons (Fsp3) is 0.190. The topological polar surface area (TPSA) is 116 Å². The Morgan fingerprint density at radius 3 is 2.66 bits per heavy atom. The Kier molecular flexibility index (Phi) is 6.17. The Bertz CT molecular complexity index is 1270. The van der Waals surface area contributed by atoms with Crippen molar-refractivity contribution in [1.82, 2.24) is 20.2 Å². The number of benzene rings is 2. The SMILES string of the molecule is C[C@@H](O)[C@H](O)CNc1nc(Oc2ccc(F)cc2F)nc2n[nH]c(-c3ccccc3Cl)c12. The summed E-state index contributed by atoms with van der Waals surface area (Å²) in [6.07, 6.45) is -2.08. The maximum atomic E-state index is 14.0. The highest BCUT2D eigenvalue weighted by atomic mass is 35.5. The highest BCUT2D eigenvalue weighted by Crippen LogP contribution is 2.36. The number of H-pyrrole nitrogens is 1. The second kappa shape index (κ2) is 9.03. The van der Waals surface area contributed by atoms with Crippen molar-refractivity contribution in [3.63, 3.8) is 0 Å². The van der Waals surface area contributed by atoms with Crippen LogP contribution in [0.3, 0.4) is 0 Å². The fourth-order valence-electron chi connectivity index (χ4n) is 2.97. The molecule has 4 rings (SSSR count). The van der Waals surface area contributed by atoms with Crippen LogP contribution in [0.2, 0.25) is 5.02 Å². The van der Waals surface area contributed by atoms with Gasteiger partial charge in [0.15, 0.2) is 17.2 Å². The summed E-state index contributed by atoms with van der Waals surface area (Å²) in [6.45, 7) is 1.39. The van der Waals surface area contributed by atoms with E-state index in [1.165, 1.54) is 6.92 Å². The minimum Gasteiger partial charge on any atom is -0.421 e. The number of ether oxygens (including phenoxy) is 1. The Balaban J connectivity index is 1.79. The van der Waals surface area contributed by atoms with Gasteiger partial charge in [-0.05, 0) is 25.1 Å². The molecule has 166 valence electrons. The van der Waals surface area contributed by atoms with Crippen LogP contribution in [0.25, 0.3) is 22.3 Å². The summed E-state index contributed by atoms with van der Waals surface area (Å²) in [7, 11) is 0. The maximum Gasteiger partial charge on any atom is 0.326 e. The van der Waals surface area contributed by atoms with Crippen LogP contribution in [0, 0.1) is 11.6 Å². The first-order valence-electron chi connectivity index (χ1n) is 9.57. The third kappa shape index (κ3) is 4.47. The van der Waals surface area contributed by atoms with Crippen LogP contribution in [0.4, 0.5) is 14.6 Å². The van der Waals surface area contributed by atoms with Crippen molar-refractivity contribution in [1.29, 1.82) is 0 Å². The lowest BCUT2D eigenvalue weighted by atomic mass is 10.1. The molecule has 8 nitrogen and oxygen atoms in total. The van der Waals surface area contributed by atoms with Crippen molar-refractivity contribution < 1.29 is 23.7 Å². The summed E-state index contributed by atoms with van der Waals surface area (Å²) >= 11 is 6.33. The van der Waals surface area contributed by atoms with E-state index in [0.29, 0.717) is 27.7 Å². The molecule has 4 aromatic rings. The molecule has 0 aliphatic rings. The molecule has 2 aromatic carbocycles. The average Bonchev–Trinajstić information content (AvgIpc) is 3.18. The van der Waals surface area contributed by atoms with Gasteiger partial charge in [0, 0.05) is 23.2 Å². The Morgan fingerprint density at radius 2 is 1.94 bits per heavy atom. The first kappa shape index (κ1) is 21.9. The molecule has 2 atom stereocenters. The van der Waals surface area contributed by atoms with Crippen LogP contribution in [-0.2, 0) is 0 Å². The van der Waals surface area contributed by atoms with Gasteiger partial charge in [0.2, 0.25) is 0 Å². The third-order valence-electron chi connectivity index (χ3n) is 4.67. The summed E-state index contributed by atoms with van der Waals surface area (Å²) in [5.74, 6) is -1.75. The summed E-state index contributed by atoms with van der Waals surface area (Å²) in [5, 5.41) is 30.5. The molecule has 2 heterocycles. The van der Waals surface area contributed by atoms with E-state index in [2.05, 4.69) is 25.5 Å². The number of rotatable bonds is 7. The smallest absolute Gasteiger partial charge is 0.326 e. The van der Waals surface area contributed by atoms with Crippen molar-refractivity contribution in [2.75, 3.05) is 11.9 Å². The highest BCUT2D eigenvalue weighted by molar-refractivity contribution is 6.33. The van der Waals surface area contributed by atoms with E-state index in [0.717, 1.165) is 12.1 Å². The predicted octanol–water partition coefficient (Wildman–Crippen LogP) is 3.90. The molecule has 0 radical (unpaired) electrons. The normalized spacial score (nSPS) is 13.2. The zero-order valence-electron chi connectivity index (χ0n) is 16.7. The number of aromatic nitrogens is 4. The third-order valence-corrected chi connectivity index (χ3v) is 5.00. The van der Waals surface area contributed by atoms with Gasteiger partial charge in [-0.25, -0.2) is 8.78 Å². The second-order valence-corrected chi connectivity index (χ2v) is 7.40. The Labute approximate surface area is 185 Å². The molecule has 11 heteroatoms. The first-order chi connectivity index (χ1) is 15.3. The van der Waals surface area contributed by atoms with Crippen LogP contribution >= 0.6 is 11.6 Å². The number of aliphatic hydroxyl groups excluding tert-OH is 2. The minimum absolute atomic E-state index is 0.0543. The van der Waals surface area contributed by atoms with Crippen molar-refractivity contribution in [3.05, 3.63) is 59.1 Å². The number of aliphatic hydroxyl groups is 2. The summed E-state index contributed by atoms with van der Waals surface area (Å²) < 4.78 is 32.6. The number of hydrogen-bond acceptors (Lipinski definition) is 7. The number of halogens is 3. The van der Waals surface area contributed by atoms with Crippen LogP contribution in [0.15, 0.2) is 42.5 Å². The number of hydrogen-bond donors (Lipinski definition) is 4. The molecule has 0 saturated carbocycles. The number of aromatic amines is 1. The lowest BCUT2D eigenvalue weighted by Gasteiger charge is -2.16. The van der Waals surface area contributed by atoms with Crippen molar-refractivity contribution in [2.24, 2.45) is 0 Å². The standard InChI is InChI=1S/C21H18ClF2N5O3/c1-10(30)15(31)9-25-19-17-18(12-4-2-3-5-13(12)22)28-29-20(17)27-21(26-19)32-16-7-6-11(23)8-14(16)24/h2-8,10,15,30-31H,9H2,1H3,(H2,25,26,27,28,29)/t10-,15-/m1/s1. The van der Waals surface area contributed by atoms with E-state index in [4.69, 9.17) is 16.3 Å². The van der Waals surface area contributed by atoms with E-state index in [9.17, 15) is 19.0 Å². The van der Waals surface area contributed by atoms with Gasteiger partial charge >= 0.3 is 6.01 Å². The summed E-state index contributed by atoms with van der Waals surface area (Å²) in [4.78, 5) is 8.48. The highest BCUT2D eigenvalue weighted by Gasteiger charge is 2.21. The number of anilines is 1. The molecule has 0 amide bonds. The van der Waals surface area contributed by atoms with Gasteiger partial charge in [0.25, 0.3) is 0 Å². The largest absolute Gasteiger partial charge is 0.421 e. The quantitative estimate of drug-likeness (QED) is 0.330. The van der Waals surface area contributed by atoms with E-state index in [1.807, 2.05) is 0 Å². The molecule has 0 saturated heterocycles. The van der Waals surface area contributed by atoms with Crippen molar-refractivity contribution in [3.8, 4) is 23.0 Å². The first-order valence-corrected chi connectivity index (χ1v) is 9.95. The number of nitrogens with one attached hydrogen (secondary N) is 2. The van der Waals surface area contributed by atoms with Gasteiger partial charge in [0.05, 0.1) is 23.3 Å². The van der Waals surface area contributed by atoms with Gasteiger partial charge in [-0.3, -0.25) is 5.10 Å². The van der Waals surface area contributed by atoms with Gasteiger partial charge < -0.3 is 20.3 Å². The molecular weight excluding hydrogens is 444 g/mol. The van der Waals surface area contributed by atoms with Crippen molar-refractivity contribution >= 4 is 28.5 Å². The van der Waals surface area contributed by atoms with Crippen molar-refractivity contribution in [2.45, 2.75) is 19.1 Å². The molecule has 0 spiro atoms. The van der Waals surface area contributed by atoms with Gasteiger partial charge in [-0.1, -0.05) is 29.8 Å². The van der Waals surface area contributed by atoms with Crippen LogP contribution < -0.4 is 10.1 Å². The van der Waals surface area contributed by atoms with Gasteiger partial charge in [-0.15, -0.1) is 0 Å². The van der Waals surface area contributed by atoms with E-state index >= 15 is 0 Å². The van der Waals surface area contributed by atoms with Crippen LogP contribution in [-0.4, -0.2) is 49.1 Å².